The maximum absolute atomic E-state index is 5.93. The van der Waals surface area contributed by atoms with Gasteiger partial charge in [-0.2, -0.15) is 0 Å². The standard InChI is InChI=1S/C24H30N4O2S.HI/c1-4-20-16-27-23(31-20)12-13-26-24(25-2)28-15-19-10-11-21(22(14-19)29-3)30-17-18-8-6-5-7-9-18;/h5-11,14,16H,4,12-13,15,17H2,1-3H3,(H2,25,26,28);1H. The van der Waals surface area contributed by atoms with Gasteiger partial charge in [0.1, 0.15) is 6.61 Å². The van der Waals surface area contributed by atoms with Gasteiger partial charge in [0.25, 0.3) is 0 Å². The number of ether oxygens (including phenoxy) is 2. The Morgan fingerprint density at radius 2 is 1.88 bits per heavy atom. The van der Waals surface area contributed by atoms with Crippen LogP contribution in [0.3, 0.4) is 0 Å². The Morgan fingerprint density at radius 3 is 2.56 bits per heavy atom. The van der Waals surface area contributed by atoms with Gasteiger partial charge in [-0.1, -0.05) is 43.3 Å². The molecule has 3 rings (SSSR count). The molecule has 0 saturated carbocycles. The number of nitrogens with zero attached hydrogens (tertiary/aromatic N) is 2. The number of aryl methyl sites for hydroxylation is 1. The Hall–Kier alpha value is -2.33. The van der Waals surface area contributed by atoms with Gasteiger partial charge >= 0.3 is 0 Å². The highest BCUT2D eigenvalue weighted by Crippen LogP contribution is 2.28. The summed E-state index contributed by atoms with van der Waals surface area (Å²) in [5.41, 5.74) is 2.20. The molecule has 0 amide bonds. The Bertz CT molecular complexity index is 979. The molecular formula is C24H31IN4O2S. The van der Waals surface area contributed by atoms with Crippen molar-refractivity contribution in [3.8, 4) is 11.5 Å². The Labute approximate surface area is 211 Å². The van der Waals surface area contributed by atoms with Crippen LogP contribution in [0.4, 0.5) is 0 Å². The number of benzene rings is 2. The van der Waals surface area contributed by atoms with Crippen molar-refractivity contribution in [1.29, 1.82) is 0 Å². The minimum Gasteiger partial charge on any atom is -0.493 e. The molecule has 0 unspecified atom stereocenters. The molecule has 6 nitrogen and oxygen atoms in total. The molecule has 32 heavy (non-hydrogen) atoms. The Morgan fingerprint density at radius 1 is 1.06 bits per heavy atom. The van der Waals surface area contributed by atoms with Gasteiger partial charge in [-0.15, -0.1) is 35.3 Å². The van der Waals surface area contributed by atoms with Gasteiger partial charge in [0.05, 0.1) is 12.1 Å². The topological polar surface area (TPSA) is 67.8 Å². The summed E-state index contributed by atoms with van der Waals surface area (Å²) in [7, 11) is 3.43. The van der Waals surface area contributed by atoms with Crippen LogP contribution >= 0.6 is 35.3 Å². The normalized spacial score (nSPS) is 10.9. The Balaban J connectivity index is 0.00000363. The van der Waals surface area contributed by atoms with Gasteiger partial charge in [0.2, 0.25) is 0 Å². The van der Waals surface area contributed by atoms with Crippen LogP contribution in [0.2, 0.25) is 0 Å². The molecule has 0 spiro atoms. The summed E-state index contributed by atoms with van der Waals surface area (Å²) in [4.78, 5) is 10.1. The second-order valence-electron chi connectivity index (χ2n) is 6.94. The van der Waals surface area contributed by atoms with Crippen LogP contribution in [0.15, 0.2) is 59.7 Å². The predicted molar refractivity (Wildman–Crippen MR) is 143 cm³/mol. The zero-order chi connectivity index (χ0) is 21.9. The maximum atomic E-state index is 5.93. The lowest BCUT2D eigenvalue weighted by Gasteiger charge is -2.14. The molecule has 0 saturated heterocycles. The summed E-state index contributed by atoms with van der Waals surface area (Å²) < 4.78 is 11.5. The van der Waals surface area contributed by atoms with Crippen LogP contribution in [0, 0.1) is 0 Å². The molecule has 0 radical (unpaired) electrons. The van der Waals surface area contributed by atoms with Crippen molar-refractivity contribution in [2.75, 3.05) is 20.7 Å². The molecule has 0 aliphatic rings. The summed E-state index contributed by atoms with van der Waals surface area (Å²) in [6.45, 7) is 4.07. The number of hydrogen-bond acceptors (Lipinski definition) is 5. The number of halogens is 1. The molecular weight excluding hydrogens is 535 g/mol. The zero-order valence-electron chi connectivity index (χ0n) is 18.8. The number of guanidine groups is 1. The van der Waals surface area contributed by atoms with Crippen molar-refractivity contribution in [3.63, 3.8) is 0 Å². The molecule has 0 fully saturated rings. The van der Waals surface area contributed by atoms with E-state index in [0.29, 0.717) is 18.9 Å². The van der Waals surface area contributed by atoms with E-state index in [2.05, 4.69) is 27.5 Å². The fraction of sp³-hybridized carbons (Fsp3) is 0.333. The molecule has 0 bridgehead atoms. The maximum Gasteiger partial charge on any atom is 0.191 e. The largest absolute Gasteiger partial charge is 0.493 e. The molecule has 0 atom stereocenters. The van der Waals surface area contributed by atoms with Crippen molar-refractivity contribution >= 4 is 41.3 Å². The van der Waals surface area contributed by atoms with E-state index < -0.39 is 0 Å². The number of methoxy groups -OCH3 is 1. The summed E-state index contributed by atoms with van der Waals surface area (Å²) in [5.74, 6) is 2.21. The molecule has 1 aromatic heterocycles. The minimum absolute atomic E-state index is 0. The number of nitrogens with one attached hydrogen (secondary N) is 2. The molecule has 1 heterocycles. The third-order valence-corrected chi connectivity index (χ3v) is 5.93. The van der Waals surface area contributed by atoms with Gasteiger partial charge in [-0.05, 0) is 29.7 Å². The smallest absolute Gasteiger partial charge is 0.191 e. The van der Waals surface area contributed by atoms with E-state index >= 15 is 0 Å². The number of aliphatic imine (C=N–C) groups is 1. The molecule has 172 valence electrons. The fourth-order valence-corrected chi connectivity index (χ4v) is 3.86. The molecule has 2 N–H and O–H groups in total. The minimum atomic E-state index is 0. The number of hydrogen-bond donors (Lipinski definition) is 2. The van der Waals surface area contributed by atoms with Gasteiger partial charge in [-0.3, -0.25) is 4.99 Å². The van der Waals surface area contributed by atoms with Gasteiger partial charge in [-0.25, -0.2) is 4.98 Å². The lowest BCUT2D eigenvalue weighted by Crippen LogP contribution is -2.37. The predicted octanol–water partition coefficient (Wildman–Crippen LogP) is 4.82. The third kappa shape index (κ3) is 7.98. The Kier molecular flexibility index (Phi) is 11.3. The molecule has 8 heteroatoms. The summed E-state index contributed by atoms with van der Waals surface area (Å²) in [5, 5.41) is 7.83. The summed E-state index contributed by atoms with van der Waals surface area (Å²) >= 11 is 1.77. The van der Waals surface area contributed by atoms with E-state index in [1.165, 1.54) is 4.88 Å². The van der Waals surface area contributed by atoms with E-state index in [9.17, 15) is 0 Å². The first-order valence-electron chi connectivity index (χ1n) is 10.4. The lowest BCUT2D eigenvalue weighted by atomic mass is 10.2. The van der Waals surface area contributed by atoms with Crippen LogP contribution in [0.25, 0.3) is 0 Å². The van der Waals surface area contributed by atoms with E-state index in [-0.39, 0.29) is 24.0 Å². The number of aromatic nitrogens is 1. The first-order valence-corrected chi connectivity index (χ1v) is 11.2. The van der Waals surface area contributed by atoms with Crippen molar-refractivity contribution < 1.29 is 9.47 Å². The first kappa shape index (κ1) is 25.9. The lowest BCUT2D eigenvalue weighted by molar-refractivity contribution is 0.284. The monoisotopic (exact) mass is 566 g/mol. The number of thiazole rings is 1. The van der Waals surface area contributed by atoms with Crippen LogP contribution in [-0.4, -0.2) is 31.6 Å². The van der Waals surface area contributed by atoms with E-state index in [1.54, 1.807) is 25.5 Å². The molecule has 0 aliphatic heterocycles. The molecule has 0 aliphatic carbocycles. The summed E-state index contributed by atoms with van der Waals surface area (Å²) in [6.07, 6.45) is 3.88. The highest BCUT2D eigenvalue weighted by molar-refractivity contribution is 14.0. The SMILES string of the molecule is CCc1cnc(CCNC(=NC)NCc2ccc(OCc3ccccc3)c(OC)c2)s1.I. The van der Waals surface area contributed by atoms with Crippen LogP contribution < -0.4 is 20.1 Å². The third-order valence-electron chi connectivity index (χ3n) is 4.73. The fourth-order valence-electron chi connectivity index (χ4n) is 3.00. The van der Waals surface area contributed by atoms with Gasteiger partial charge < -0.3 is 20.1 Å². The van der Waals surface area contributed by atoms with Crippen molar-refractivity contribution in [1.82, 2.24) is 15.6 Å². The quantitative estimate of drug-likeness (QED) is 0.209. The average Bonchev–Trinajstić information content (AvgIpc) is 3.28. The molecule has 2 aromatic carbocycles. The van der Waals surface area contributed by atoms with Crippen molar-refractivity contribution in [2.24, 2.45) is 4.99 Å². The summed E-state index contributed by atoms with van der Waals surface area (Å²) in [6, 6.07) is 16.1. The average molecular weight is 567 g/mol. The van der Waals surface area contributed by atoms with Gasteiger partial charge in [0.15, 0.2) is 17.5 Å². The van der Waals surface area contributed by atoms with Crippen molar-refractivity contribution in [2.45, 2.75) is 32.9 Å². The highest BCUT2D eigenvalue weighted by Gasteiger charge is 2.08. The van der Waals surface area contributed by atoms with E-state index in [4.69, 9.17) is 9.47 Å². The second kappa shape index (κ2) is 13.9. The van der Waals surface area contributed by atoms with Gasteiger partial charge in [0, 0.05) is 37.6 Å². The van der Waals surface area contributed by atoms with Crippen LogP contribution in [-0.2, 0) is 26.0 Å². The zero-order valence-corrected chi connectivity index (χ0v) is 21.9. The van der Waals surface area contributed by atoms with E-state index in [0.717, 1.165) is 47.2 Å². The second-order valence-corrected chi connectivity index (χ2v) is 8.14. The first-order chi connectivity index (χ1) is 15.2. The van der Waals surface area contributed by atoms with E-state index in [1.807, 2.05) is 54.7 Å². The van der Waals surface area contributed by atoms with Crippen molar-refractivity contribution in [3.05, 3.63) is 75.7 Å². The number of rotatable bonds is 10. The molecule has 3 aromatic rings. The highest BCUT2D eigenvalue weighted by atomic mass is 127. The van der Waals surface area contributed by atoms with Crippen LogP contribution in [0.1, 0.15) is 27.9 Å². The van der Waals surface area contributed by atoms with Crippen LogP contribution in [0.5, 0.6) is 11.5 Å².